The van der Waals surface area contributed by atoms with Gasteiger partial charge in [-0.2, -0.15) is 0 Å². The van der Waals surface area contributed by atoms with Crippen LogP contribution >= 0.6 is 0 Å². The first-order valence-electron chi connectivity index (χ1n) is 12.1. The Labute approximate surface area is 216 Å². The maximum Gasteiger partial charge on any atom is 0.208 e. The molecule has 0 atom stereocenters. The number of nitrogens with zero attached hydrogens (tertiary/aromatic N) is 4. The molecule has 0 radical (unpaired) electrons. The molecule has 0 aliphatic rings. The minimum Gasteiger partial charge on any atom is -0.457 e. The summed E-state index contributed by atoms with van der Waals surface area (Å²) in [6.45, 7) is 0. The van der Waals surface area contributed by atoms with Gasteiger partial charge in [0.1, 0.15) is 23.0 Å². The minimum absolute atomic E-state index is 0.282. The number of ether oxygens (including phenoxy) is 1. The smallest absolute Gasteiger partial charge is 0.208 e. The first-order valence-corrected chi connectivity index (χ1v) is 12.1. The number of halogens is 1. The Balaban J connectivity index is 1.16. The van der Waals surface area contributed by atoms with Crippen LogP contribution in [0.2, 0.25) is 0 Å². The molecule has 0 aliphatic carbocycles. The third kappa shape index (κ3) is 3.98. The Morgan fingerprint density at radius 2 is 1.61 bits per heavy atom. The van der Waals surface area contributed by atoms with Crippen LogP contribution in [0.5, 0.6) is 11.5 Å². The molecule has 7 rings (SSSR count). The number of nitrogens with one attached hydrogen (secondary N) is 2. The molecule has 38 heavy (non-hydrogen) atoms. The van der Waals surface area contributed by atoms with Crippen molar-refractivity contribution < 1.29 is 9.13 Å². The second-order valence-corrected chi connectivity index (χ2v) is 9.06. The zero-order valence-corrected chi connectivity index (χ0v) is 20.3. The first kappa shape index (κ1) is 22.0. The Hall–Kier alpha value is -5.24. The predicted molar refractivity (Wildman–Crippen MR) is 147 cm³/mol. The van der Waals surface area contributed by atoms with E-state index in [0.717, 1.165) is 38.5 Å². The minimum atomic E-state index is -0.282. The van der Waals surface area contributed by atoms with Gasteiger partial charge in [-0.05, 0) is 65.4 Å². The molecule has 2 N–H and O–H groups in total. The number of pyridine rings is 1. The van der Waals surface area contributed by atoms with Gasteiger partial charge < -0.3 is 19.6 Å². The van der Waals surface area contributed by atoms with Crippen LogP contribution in [0.1, 0.15) is 0 Å². The number of fused-ring (bicyclic) bond motifs is 3. The summed E-state index contributed by atoms with van der Waals surface area (Å²) in [6, 6.07) is 28.0. The van der Waals surface area contributed by atoms with Crippen molar-refractivity contribution >= 4 is 44.5 Å². The van der Waals surface area contributed by atoms with Crippen LogP contribution in [-0.4, -0.2) is 24.5 Å². The lowest BCUT2D eigenvalue weighted by Gasteiger charge is -2.07. The fraction of sp³-hybridized carbons (Fsp3) is 0.0333. The van der Waals surface area contributed by atoms with Gasteiger partial charge in [0, 0.05) is 31.1 Å². The van der Waals surface area contributed by atoms with E-state index < -0.39 is 0 Å². The number of hydrogen-bond donors (Lipinski definition) is 2. The third-order valence-electron chi connectivity index (χ3n) is 6.51. The largest absolute Gasteiger partial charge is 0.457 e. The molecule has 3 aromatic heterocycles. The topological polar surface area (TPSA) is 80.7 Å². The van der Waals surface area contributed by atoms with Crippen LogP contribution in [0.25, 0.3) is 44.4 Å². The van der Waals surface area contributed by atoms with Crippen LogP contribution in [-0.2, 0) is 7.05 Å². The van der Waals surface area contributed by atoms with Gasteiger partial charge in [-0.1, -0.05) is 24.3 Å². The fourth-order valence-corrected chi connectivity index (χ4v) is 4.58. The third-order valence-corrected chi connectivity index (χ3v) is 6.51. The average Bonchev–Trinajstić information content (AvgIpc) is 3.48. The summed E-state index contributed by atoms with van der Waals surface area (Å²) < 4.78 is 21.4. The summed E-state index contributed by atoms with van der Waals surface area (Å²) in [5.74, 6) is 2.33. The Morgan fingerprint density at radius 1 is 0.816 bits per heavy atom. The molecule has 7 nitrogen and oxygen atoms in total. The van der Waals surface area contributed by atoms with Crippen LogP contribution in [0.4, 0.5) is 16.0 Å². The number of imidazole rings is 2. The summed E-state index contributed by atoms with van der Waals surface area (Å²) in [5.41, 5.74) is 4.99. The summed E-state index contributed by atoms with van der Waals surface area (Å²) in [7, 11) is 1.92. The molecule has 0 unspecified atom stereocenters. The number of anilines is 2. The van der Waals surface area contributed by atoms with Crippen molar-refractivity contribution in [1.29, 1.82) is 0 Å². The molecule has 0 fully saturated rings. The van der Waals surface area contributed by atoms with E-state index in [1.165, 1.54) is 12.1 Å². The summed E-state index contributed by atoms with van der Waals surface area (Å²) in [6.07, 6.45) is 1.71. The highest BCUT2D eigenvalue weighted by molar-refractivity contribution is 5.96. The van der Waals surface area contributed by atoms with Gasteiger partial charge in [0.2, 0.25) is 5.95 Å². The van der Waals surface area contributed by atoms with Crippen molar-refractivity contribution in [2.75, 3.05) is 5.32 Å². The van der Waals surface area contributed by atoms with Crippen LogP contribution in [0.3, 0.4) is 0 Å². The van der Waals surface area contributed by atoms with Crippen LogP contribution in [0.15, 0.2) is 97.2 Å². The predicted octanol–water partition coefficient (Wildman–Crippen LogP) is 7.34. The molecule has 184 valence electrons. The number of aryl methyl sites for hydroxylation is 1. The number of benzene rings is 4. The molecule has 0 bridgehead atoms. The van der Waals surface area contributed by atoms with E-state index >= 15 is 0 Å². The maximum atomic E-state index is 13.2. The van der Waals surface area contributed by atoms with Gasteiger partial charge in [0.15, 0.2) is 5.82 Å². The van der Waals surface area contributed by atoms with Gasteiger partial charge in [0.25, 0.3) is 0 Å². The number of aromatic amines is 1. The highest BCUT2D eigenvalue weighted by atomic mass is 19.1. The lowest BCUT2D eigenvalue weighted by Crippen LogP contribution is -1.98. The maximum absolute atomic E-state index is 13.2. The molecule has 0 saturated carbocycles. The number of rotatable bonds is 5. The molecule has 4 aromatic carbocycles. The molecule has 0 aliphatic heterocycles. The first-order chi connectivity index (χ1) is 18.6. The van der Waals surface area contributed by atoms with E-state index in [-0.39, 0.29) is 5.82 Å². The van der Waals surface area contributed by atoms with E-state index in [0.29, 0.717) is 29.0 Å². The van der Waals surface area contributed by atoms with Crippen molar-refractivity contribution in [2.24, 2.45) is 7.05 Å². The van der Waals surface area contributed by atoms with Crippen molar-refractivity contribution in [3.05, 3.63) is 103 Å². The van der Waals surface area contributed by atoms with Gasteiger partial charge in [-0.15, -0.1) is 0 Å². The standard InChI is InChI=1S/C30H21FN6O/c1-37-28-11-10-22(16-26(28)36-30(37)33-21-8-6-20(31)7-9-21)38-23-12-13-32-27(17-23)29-34-24-14-18-4-2-3-5-19(18)15-25(24)35-29/h2-17H,1H3,(H,33,36)(H,34,35). The van der Waals surface area contributed by atoms with Crippen molar-refractivity contribution in [3.8, 4) is 23.0 Å². The Morgan fingerprint density at radius 3 is 2.45 bits per heavy atom. The van der Waals surface area contributed by atoms with E-state index in [1.807, 2.05) is 54.1 Å². The summed E-state index contributed by atoms with van der Waals surface area (Å²) in [5, 5.41) is 5.53. The summed E-state index contributed by atoms with van der Waals surface area (Å²) >= 11 is 0. The zero-order valence-electron chi connectivity index (χ0n) is 20.3. The summed E-state index contributed by atoms with van der Waals surface area (Å²) in [4.78, 5) is 17.3. The van der Waals surface area contributed by atoms with E-state index in [2.05, 4.69) is 39.6 Å². The molecular weight excluding hydrogens is 479 g/mol. The number of H-pyrrole nitrogens is 1. The lowest BCUT2D eigenvalue weighted by atomic mass is 10.1. The molecule has 0 saturated heterocycles. The Bertz CT molecular complexity index is 1910. The SMILES string of the molecule is Cn1c(Nc2ccc(F)cc2)nc2cc(Oc3ccnc(-c4nc5cc6ccccc6cc5[nH]4)c3)ccc21. The van der Waals surface area contributed by atoms with E-state index in [9.17, 15) is 4.39 Å². The fourth-order valence-electron chi connectivity index (χ4n) is 4.58. The van der Waals surface area contributed by atoms with Gasteiger partial charge in [-0.25, -0.2) is 14.4 Å². The molecule has 0 spiro atoms. The lowest BCUT2D eigenvalue weighted by molar-refractivity contribution is 0.483. The van der Waals surface area contributed by atoms with E-state index in [4.69, 9.17) is 14.7 Å². The van der Waals surface area contributed by atoms with Crippen molar-refractivity contribution in [2.45, 2.75) is 0 Å². The molecule has 7 aromatic rings. The van der Waals surface area contributed by atoms with Gasteiger partial charge in [0.05, 0.1) is 22.1 Å². The second kappa shape index (κ2) is 8.70. The van der Waals surface area contributed by atoms with Gasteiger partial charge in [-0.3, -0.25) is 4.98 Å². The second-order valence-electron chi connectivity index (χ2n) is 9.06. The van der Waals surface area contributed by atoms with Gasteiger partial charge >= 0.3 is 0 Å². The number of hydrogen-bond acceptors (Lipinski definition) is 5. The zero-order chi connectivity index (χ0) is 25.6. The highest BCUT2D eigenvalue weighted by Crippen LogP contribution is 2.30. The van der Waals surface area contributed by atoms with Crippen LogP contribution < -0.4 is 10.1 Å². The quantitative estimate of drug-likeness (QED) is 0.258. The highest BCUT2D eigenvalue weighted by Gasteiger charge is 2.12. The normalized spacial score (nSPS) is 11.4. The molecule has 0 amide bonds. The average molecular weight is 501 g/mol. The molecular formula is C30H21FN6O. The number of aromatic nitrogens is 5. The van der Waals surface area contributed by atoms with Crippen molar-refractivity contribution in [1.82, 2.24) is 24.5 Å². The van der Waals surface area contributed by atoms with Crippen molar-refractivity contribution in [3.63, 3.8) is 0 Å². The van der Waals surface area contributed by atoms with E-state index in [1.54, 1.807) is 18.3 Å². The Kier molecular flexibility index (Phi) is 5.04. The molecule has 8 heteroatoms. The molecule has 3 heterocycles. The monoisotopic (exact) mass is 500 g/mol. The van der Waals surface area contributed by atoms with Crippen LogP contribution in [0, 0.1) is 5.82 Å².